The molecule has 1 aromatic carbocycles. The van der Waals surface area contributed by atoms with Crippen molar-refractivity contribution in [3.05, 3.63) is 28.8 Å². The first-order chi connectivity index (χ1) is 8.70. The van der Waals surface area contributed by atoms with Crippen LogP contribution in [-0.4, -0.2) is 17.8 Å². The number of anilines is 1. The van der Waals surface area contributed by atoms with Crippen molar-refractivity contribution < 1.29 is 19.1 Å². The van der Waals surface area contributed by atoms with E-state index in [-0.39, 0.29) is 5.91 Å². The highest BCUT2D eigenvalue weighted by Crippen LogP contribution is 2.18. The number of amides is 1. The number of rotatable bonds is 1. The molecule has 0 heterocycles. The topological polar surface area (TPSA) is 72.5 Å². The van der Waals surface area contributed by atoms with Crippen molar-refractivity contribution in [3.8, 4) is 0 Å². The molecule has 0 spiro atoms. The largest absolute Gasteiger partial charge is 0.394 e. The molecule has 0 aliphatic heterocycles. The van der Waals surface area contributed by atoms with Gasteiger partial charge in [0.15, 0.2) is 0 Å². The van der Waals surface area contributed by atoms with E-state index in [9.17, 15) is 14.4 Å². The predicted molar refractivity (Wildman–Crippen MR) is 72.9 cm³/mol. The molecule has 0 fully saturated rings. The Labute approximate surface area is 116 Å². The molecule has 0 radical (unpaired) electrons. The molecule has 0 aliphatic carbocycles. The highest BCUT2D eigenvalue weighted by atomic mass is 35.5. The van der Waals surface area contributed by atoms with E-state index in [4.69, 9.17) is 11.6 Å². The van der Waals surface area contributed by atoms with Gasteiger partial charge in [-0.05, 0) is 30.7 Å². The van der Waals surface area contributed by atoms with Crippen LogP contribution in [0.25, 0.3) is 0 Å². The standard InChI is InChI=1S/C9H10ClNO.C4H6O3/c1-6-3-8(10)5-9(4-6)11-7(2)12;1-3(5)7-4(2)6/h3-5H,1-2H3,(H,11,12);1-2H3. The number of benzene rings is 1. The van der Waals surface area contributed by atoms with Crippen LogP contribution in [0.15, 0.2) is 18.2 Å². The van der Waals surface area contributed by atoms with E-state index in [0.29, 0.717) is 5.02 Å². The van der Waals surface area contributed by atoms with Crippen LogP contribution in [0, 0.1) is 6.92 Å². The summed E-state index contributed by atoms with van der Waals surface area (Å²) in [5.41, 5.74) is 1.78. The molecule has 1 rings (SSSR count). The number of carbonyl (C=O) groups excluding carboxylic acids is 3. The fourth-order valence-corrected chi connectivity index (χ4v) is 1.50. The van der Waals surface area contributed by atoms with Crippen molar-refractivity contribution in [2.45, 2.75) is 27.7 Å². The molecule has 1 amide bonds. The van der Waals surface area contributed by atoms with Gasteiger partial charge >= 0.3 is 11.9 Å². The number of ether oxygens (including phenoxy) is 1. The molecule has 104 valence electrons. The van der Waals surface area contributed by atoms with E-state index >= 15 is 0 Å². The summed E-state index contributed by atoms with van der Waals surface area (Å²) < 4.78 is 3.97. The van der Waals surface area contributed by atoms with Gasteiger partial charge in [0.2, 0.25) is 5.91 Å². The lowest BCUT2D eigenvalue weighted by atomic mass is 10.2. The lowest BCUT2D eigenvalue weighted by Crippen LogP contribution is -2.05. The number of esters is 2. The summed E-state index contributed by atoms with van der Waals surface area (Å²) in [6.45, 7) is 5.76. The molecule has 6 heteroatoms. The smallest absolute Gasteiger partial charge is 0.310 e. The third-order valence-electron chi connectivity index (χ3n) is 1.65. The molecule has 0 atom stereocenters. The molecular formula is C13H16ClNO4. The summed E-state index contributed by atoms with van der Waals surface area (Å²) in [4.78, 5) is 30.3. The van der Waals surface area contributed by atoms with Crippen LogP contribution < -0.4 is 5.32 Å². The maximum atomic E-state index is 10.7. The zero-order valence-electron chi connectivity index (χ0n) is 11.2. The second-order valence-electron chi connectivity index (χ2n) is 3.78. The monoisotopic (exact) mass is 285 g/mol. The van der Waals surface area contributed by atoms with Gasteiger partial charge < -0.3 is 10.1 Å². The Bertz CT molecular complexity index is 453. The van der Waals surface area contributed by atoms with Gasteiger partial charge in [0.1, 0.15) is 0 Å². The molecular weight excluding hydrogens is 270 g/mol. The number of halogens is 1. The quantitative estimate of drug-likeness (QED) is 0.636. The van der Waals surface area contributed by atoms with E-state index in [0.717, 1.165) is 11.3 Å². The van der Waals surface area contributed by atoms with Crippen LogP contribution >= 0.6 is 11.6 Å². The molecule has 0 saturated heterocycles. The normalized spacial score (nSPS) is 8.89. The van der Waals surface area contributed by atoms with Crippen LogP contribution in [0.3, 0.4) is 0 Å². The summed E-state index contributed by atoms with van der Waals surface area (Å²) in [5.74, 6) is -1.21. The van der Waals surface area contributed by atoms with Gasteiger partial charge in [-0.1, -0.05) is 11.6 Å². The van der Waals surface area contributed by atoms with Gasteiger partial charge in [0.05, 0.1) is 0 Å². The van der Waals surface area contributed by atoms with Crippen molar-refractivity contribution >= 4 is 35.1 Å². The maximum absolute atomic E-state index is 10.7. The van der Waals surface area contributed by atoms with E-state index in [1.807, 2.05) is 19.1 Å². The number of hydrogen-bond donors (Lipinski definition) is 1. The van der Waals surface area contributed by atoms with Crippen LogP contribution in [0.4, 0.5) is 5.69 Å². The third kappa shape index (κ3) is 9.79. The van der Waals surface area contributed by atoms with Crippen molar-refractivity contribution in [2.75, 3.05) is 5.32 Å². The van der Waals surface area contributed by atoms with Crippen molar-refractivity contribution in [2.24, 2.45) is 0 Å². The minimum atomic E-state index is -0.562. The Morgan fingerprint density at radius 1 is 1.05 bits per heavy atom. The van der Waals surface area contributed by atoms with Gasteiger partial charge in [-0.3, -0.25) is 14.4 Å². The molecule has 0 bridgehead atoms. The molecule has 19 heavy (non-hydrogen) atoms. The van der Waals surface area contributed by atoms with Crippen LogP contribution in [0.5, 0.6) is 0 Å². The lowest BCUT2D eigenvalue weighted by Gasteiger charge is -2.03. The fraction of sp³-hybridized carbons (Fsp3) is 0.308. The second kappa shape index (κ2) is 8.26. The zero-order valence-corrected chi connectivity index (χ0v) is 12.0. The first kappa shape index (κ1) is 17.1. The summed E-state index contributed by atoms with van der Waals surface area (Å²) in [6, 6.07) is 5.43. The number of aryl methyl sites for hydroxylation is 1. The first-order valence-corrected chi connectivity index (χ1v) is 5.82. The van der Waals surface area contributed by atoms with Gasteiger partial charge in [0, 0.05) is 31.5 Å². The Balaban J connectivity index is 0.000000399. The average Bonchev–Trinajstić information content (AvgIpc) is 2.11. The van der Waals surface area contributed by atoms with Crippen molar-refractivity contribution in [1.29, 1.82) is 0 Å². The first-order valence-electron chi connectivity index (χ1n) is 5.44. The minimum Gasteiger partial charge on any atom is -0.394 e. The van der Waals surface area contributed by atoms with E-state index < -0.39 is 11.9 Å². The second-order valence-corrected chi connectivity index (χ2v) is 4.22. The Morgan fingerprint density at radius 2 is 1.58 bits per heavy atom. The summed E-state index contributed by atoms with van der Waals surface area (Å²) in [7, 11) is 0. The average molecular weight is 286 g/mol. The SMILES string of the molecule is CC(=O)Nc1cc(C)cc(Cl)c1.CC(=O)OC(C)=O. The molecule has 1 aromatic rings. The highest BCUT2D eigenvalue weighted by molar-refractivity contribution is 6.31. The summed E-state index contributed by atoms with van der Waals surface area (Å²) in [6.07, 6.45) is 0. The molecule has 0 saturated carbocycles. The van der Waals surface area contributed by atoms with E-state index in [1.54, 1.807) is 6.07 Å². The molecule has 5 nitrogen and oxygen atoms in total. The maximum Gasteiger partial charge on any atom is 0.310 e. The van der Waals surface area contributed by atoms with Crippen molar-refractivity contribution in [3.63, 3.8) is 0 Å². The Morgan fingerprint density at radius 3 is 1.89 bits per heavy atom. The zero-order chi connectivity index (χ0) is 15.0. The number of hydrogen-bond acceptors (Lipinski definition) is 4. The van der Waals surface area contributed by atoms with E-state index in [1.165, 1.54) is 20.8 Å². The van der Waals surface area contributed by atoms with Crippen LogP contribution in [0.1, 0.15) is 26.3 Å². The minimum absolute atomic E-state index is 0.0864. The fourth-order valence-electron chi connectivity index (χ4n) is 1.21. The van der Waals surface area contributed by atoms with Crippen molar-refractivity contribution in [1.82, 2.24) is 0 Å². The molecule has 1 N–H and O–H groups in total. The van der Waals surface area contributed by atoms with Gasteiger partial charge in [-0.25, -0.2) is 0 Å². The number of nitrogens with one attached hydrogen (secondary N) is 1. The van der Waals surface area contributed by atoms with E-state index in [2.05, 4.69) is 10.1 Å². The van der Waals surface area contributed by atoms with Gasteiger partial charge in [-0.15, -0.1) is 0 Å². The number of carbonyl (C=O) groups is 3. The predicted octanol–water partition coefficient (Wildman–Crippen LogP) is 2.70. The van der Waals surface area contributed by atoms with Crippen LogP contribution in [-0.2, 0) is 19.1 Å². The summed E-state index contributed by atoms with van der Waals surface area (Å²) in [5, 5.41) is 3.30. The highest BCUT2D eigenvalue weighted by Gasteiger charge is 1.97. The molecule has 0 aromatic heterocycles. The molecule has 0 aliphatic rings. The summed E-state index contributed by atoms with van der Waals surface area (Å²) >= 11 is 5.78. The third-order valence-corrected chi connectivity index (χ3v) is 1.87. The molecule has 0 unspecified atom stereocenters. The Kier molecular flexibility index (Phi) is 7.44. The Hall–Kier alpha value is -1.88. The van der Waals surface area contributed by atoms with Gasteiger partial charge in [-0.2, -0.15) is 0 Å². The lowest BCUT2D eigenvalue weighted by molar-refractivity contribution is -0.156. The van der Waals surface area contributed by atoms with Gasteiger partial charge in [0.25, 0.3) is 0 Å². The van der Waals surface area contributed by atoms with Crippen LogP contribution in [0.2, 0.25) is 5.02 Å².